The van der Waals surface area contributed by atoms with Gasteiger partial charge >= 0.3 is 6.03 Å². The highest BCUT2D eigenvalue weighted by atomic mass is 16.2. The number of urea groups is 1. The normalized spacial score (nSPS) is 14.0. The van der Waals surface area contributed by atoms with Gasteiger partial charge in [-0.1, -0.05) is 89.3 Å². The summed E-state index contributed by atoms with van der Waals surface area (Å²) in [6.45, 7) is 8.60. The molecule has 2 aromatic carbocycles. The average molecular weight is 1010 g/mol. The minimum absolute atomic E-state index is 0.0822. The number of amides is 9. The fourth-order valence-corrected chi connectivity index (χ4v) is 7.90. The fourth-order valence-electron chi connectivity index (χ4n) is 7.90. The molecule has 1 aromatic heterocycles. The fraction of sp³-hybridized carbons (Fsp3) is 0.500. The summed E-state index contributed by atoms with van der Waals surface area (Å²) >= 11 is 0. The summed E-state index contributed by atoms with van der Waals surface area (Å²) in [6.07, 6.45) is 13.5. The van der Waals surface area contributed by atoms with E-state index in [9.17, 15) is 38.4 Å². The molecule has 1 fully saturated rings. The van der Waals surface area contributed by atoms with E-state index in [2.05, 4.69) is 65.1 Å². The monoisotopic (exact) mass is 1010 g/mol. The largest absolute Gasteiger partial charge is 0.358 e. The van der Waals surface area contributed by atoms with Crippen molar-refractivity contribution >= 4 is 64.8 Å². The molecule has 0 spiro atoms. The average Bonchev–Trinajstić information content (AvgIpc) is 4.17. The summed E-state index contributed by atoms with van der Waals surface area (Å²) in [7, 11) is 1.59. The summed E-state index contributed by atoms with van der Waals surface area (Å²) in [5, 5.41) is 28.5. The molecule has 1 saturated carbocycles. The maximum atomic E-state index is 14.1. The molecule has 0 aliphatic heterocycles. The third-order valence-electron chi connectivity index (χ3n) is 12.5. The molecule has 396 valence electrons. The molecule has 10 N–H and O–H groups in total. The van der Waals surface area contributed by atoms with Gasteiger partial charge in [0.15, 0.2) is 0 Å². The van der Waals surface area contributed by atoms with E-state index < -0.39 is 59.2 Å². The summed E-state index contributed by atoms with van der Waals surface area (Å²) in [5.74, 6) is -2.90. The Hall–Kier alpha value is -7.15. The van der Waals surface area contributed by atoms with E-state index >= 15 is 0 Å². The zero-order valence-electron chi connectivity index (χ0n) is 43.1. The lowest BCUT2D eigenvalue weighted by molar-refractivity contribution is -0.135. The van der Waals surface area contributed by atoms with Crippen LogP contribution in [0.25, 0.3) is 6.08 Å². The molecule has 1 heterocycles. The molecule has 0 radical (unpaired) electrons. The van der Waals surface area contributed by atoms with Gasteiger partial charge in [0, 0.05) is 56.5 Å². The zero-order valence-corrected chi connectivity index (χ0v) is 43.1. The molecular weight excluding hydrogens is 931 g/mol. The van der Waals surface area contributed by atoms with Crippen LogP contribution in [0.4, 0.5) is 16.2 Å². The lowest BCUT2D eigenvalue weighted by atomic mass is 10.0. The number of benzene rings is 2. The van der Waals surface area contributed by atoms with Crippen LogP contribution in [0.3, 0.4) is 0 Å². The van der Waals surface area contributed by atoms with E-state index in [0.29, 0.717) is 81.4 Å². The highest BCUT2D eigenvalue weighted by Crippen LogP contribution is 2.36. The molecule has 4 rings (SSSR count). The number of hydrogen-bond donors (Lipinski definition) is 10. The maximum Gasteiger partial charge on any atom is 0.323 e. The molecule has 3 aromatic rings. The van der Waals surface area contributed by atoms with Crippen molar-refractivity contribution < 1.29 is 38.4 Å². The number of pyridine rings is 1. The Morgan fingerprint density at radius 1 is 0.658 bits per heavy atom. The minimum atomic E-state index is -1.26. The third kappa shape index (κ3) is 20.8. The molecule has 0 saturated heterocycles. The maximum absolute atomic E-state index is 14.1. The molecular formula is C54H77N11O8. The van der Waals surface area contributed by atoms with Crippen LogP contribution in [0.5, 0.6) is 0 Å². The zero-order chi connectivity index (χ0) is 53.0. The highest BCUT2D eigenvalue weighted by molar-refractivity contribution is 6.01. The Morgan fingerprint density at radius 3 is 2.03 bits per heavy atom. The number of anilines is 2. The summed E-state index contributed by atoms with van der Waals surface area (Å²) in [5.41, 5.74) is 2.23. The van der Waals surface area contributed by atoms with E-state index in [4.69, 9.17) is 0 Å². The third-order valence-corrected chi connectivity index (χ3v) is 12.5. The number of nitrogens with one attached hydrogen (secondary N) is 10. The first kappa shape index (κ1) is 58.4. The number of aryl methyl sites for hydroxylation is 1. The summed E-state index contributed by atoms with van der Waals surface area (Å²) in [4.78, 5) is 110. The van der Waals surface area contributed by atoms with Gasteiger partial charge in [-0.2, -0.15) is 0 Å². The second-order valence-electron chi connectivity index (χ2n) is 18.4. The smallest absolute Gasteiger partial charge is 0.323 e. The van der Waals surface area contributed by atoms with Crippen molar-refractivity contribution in [2.75, 3.05) is 37.3 Å². The van der Waals surface area contributed by atoms with Crippen LogP contribution in [0.1, 0.15) is 121 Å². The highest BCUT2D eigenvalue weighted by Gasteiger charge is 2.52. The molecule has 0 unspecified atom stereocenters. The molecule has 19 nitrogen and oxygen atoms in total. The van der Waals surface area contributed by atoms with Crippen molar-refractivity contribution in [1.29, 1.82) is 0 Å². The Balaban J connectivity index is 1.36. The van der Waals surface area contributed by atoms with Crippen molar-refractivity contribution in [3.63, 3.8) is 0 Å². The number of carbonyl (C=O) groups is 8. The lowest BCUT2D eigenvalue weighted by Gasteiger charge is -2.26. The second-order valence-corrected chi connectivity index (χ2v) is 18.4. The molecule has 1 aliphatic rings. The molecule has 73 heavy (non-hydrogen) atoms. The van der Waals surface area contributed by atoms with E-state index in [1.54, 1.807) is 68.8 Å². The number of nitrogens with zero attached hydrogens (tertiary/aromatic N) is 1. The van der Waals surface area contributed by atoms with Gasteiger partial charge in [0.1, 0.15) is 23.7 Å². The van der Waals surface area contributed by atoms with E-state index in [1.807, 2.05) is 38.1 Å². The van der Waals surface area contributed by atoms with Crippen LogP contribution < -0.4 is 53.2 Å². The predicted octanol–water partition coefficient (Wildman–Crippen LogP) is 4.68. The quantitative estimate of drug-likeness (QED) is 0.0305. The molecule has 9 amide bonds. The Morgan fingerprint density at radius 2 is 1.36 bits per heavy atom. The molecule has 0 bridgehead atoms. The van der Waals surface area contributed by atoms with Crippen LogP contribution in [0.2, 0.25) is 0 Å². The van der Waals surface area contributed by atoms with Gasteiger partial charge in [0.2, 0.25) is 41.4 Å². The first-order valence-electron chi connectivity index (χ1n) is 25.7. The van der Waals surface area contributed by atoms with Gasteiger partial charge < -0.3 is 53.2 Å². The number of para-hydroxylation sites is 1. The standard InChI is InChI=1S/C54H77N11O8/c1-6-9-11-21-43(48(68)55-5)57-33-34-59-49(69)41(8-3)63-52(72)54(29-30-54)65-51(71)45(19-10-7-2)62-50(70)44(22-14-15-32-58-46(66)28-25-39-18-16-31-56-36-39)61-47(67)35-38-23-26-40(27-24-38)60-53(73)64-42-20-13-12-17-37(42)4/h12-13,16-18,20,23-28,31,36,41,43-45,57H,6-11,14-15,19,21-22,29-30,32-35H2,1-5H3,(H,55,68)(H,58,66)(H,59,69)(H,61,67)(H,62,70)(H,63,72)(H,65,71)(H2,60,64,73)/b28-25+/t41-,43+,44+,45+/m1/s1. The van der Waals surface area contributed by atoms with Gasteiger partial charge in [-0.05, 0) is 105 Å². The van der Waals surface area contributed by atoms with Gasteiger partial charge in [0.05, 0.1) is 12.5 Å². The molecule has 4 atom stereocenters. The van der Waals surface area contributed by atoms with Crippen LogP contribution in [-0.2, 0) is 40.0 Å². The Kier molecular flexibility index (Phi) is 25.1. The van der Waals surface area contributed by atoms with E-state index in [0.717, 1.165) is 30.4 Å². The summed E-state index contributed by atoms with van der Waals surface area (Å²) < 4.78 is 0. The van der Waals surface area contributed by atoms with Gasteiger partial charge in [-0.25, -0.2) is 4.79 Å². The van der Waals surface area contributed by atoms with Crippen LogP contribution in [-0.4, -0.2) is 109 Å². The summed E-state index contributed by atoms with van der Waals surface area (Å²) in [6, 6.07) is 14.0. The number of rotatable bonds is 32. The van der Waals surface area contributed by atoms with Crippen molar-refractivity contribution in [3.05, 3.63) is 95.8 Å². The van der Waals surface area contributed by atoms with Gasteiger partial charge in [0.25, 0.3) is 0 Å². The van der Waals surface area contributed by atoms with Crippen molar-refractivity contribution in [2.45, 2.75) is 147 Å². The van der Waals surface area contributed by atoms with E-state index in [1.165, 1.54) is 6.08 Å². The van der Waals surface area contributed by atoms with Crippen LogP contribution in [0.15, 0.2) is 79.1 Å². The number of unbranched alkanes of at least 4 members (excludes halogenated alkanes) is 4. The van der Waals surface area contributed by atoms with Crippen LogP contribution in [0, 0.1) is 6.92 Å². The van der Waals surface area contributed by atoms with Crippen molar-refractivity contribution in [1.82, 2.24) is 47.5 Å². The predicted molar refractivity (Wildman–Crippen MR) is 283 cm³/mol. The molecule has 19 heteroatoms. The topological polar surface area (TPSA) is 270 Å². The minimum Gasteiger partial charge on any atom is -0.358 e. The van der Waals surface area contributed by atoms with Crippen molar-refractivity contribution in [2.24, 2.45) is 0 Å². The lowest BCUT2D eigenvalue weighted by Crippen LogP contribution is -2.59. The number of likely N-dealkylation sites (N-methyl/N-ethyl adjacent to an activating group) is 1. The van der Waals surface area contributed by atoms with Gasteiger partial charge in [-0.15, -0.1) is 0 Å². The number of aromatic nitrogens is 1. The van der Waals surface area contributed by atoms with E-state index in [-0.39, 0.29) is 43.7 Å². The number of hydrogen-bond acceptors (Lipinski definition) is 10. The second kappa shape index (κ2) is 31.3. The first-order chi connectivity index (χ1) is 35.2. The SMILES string of the molecule is CCCCC[C@H](NCCNC(=O)[C@@H](CC)NC(=O)C1(NC(=O)[C@H](CCCC)NC(=O)[C@H](CCCCNC(=O)/C=C/c2cccnc2)NC(=O)Cc2ccc(NC(=O)Nc3ccccc3C)cc2)CC1)C(=O)NC. The Labute approximate surface area is 429 Å². The Bertz CT molecular complexity index is 2310. The van der Waals surface area contributed by atoms with Crippen molar-refractivity contribution in [3.8, 4) is 0 Å². The van der Waals surface area contributed by atoms with Crippen LogP contribution >= 0.6 is 0 Å². The first-order valence-corrected chi connectivity index (χ1v) is 25.7. The number of carbonyl (C=O) groups excluding carboxylic acids is 8. The van der Waals surface area contributed by atoms with Gasteiger partial charge in [-0.3, -0.25) is 38.5 Å². The molecule has 1 aliphatic carbocycles.